The van der Waals surface area contributed by atoms with Crippen LogP contribution in [0.3, 0.4) is 0 Å². The Hall–Kier alpha value is -1.75. The molecule has 2 fully saturated rings. The summed E-state index contributed by atoms with van der Waals surface area (Å²) in [5, 5.41) is 3.22. The van der Waals surface area contributed by atoms with Crippen LogP contribution in [0.4, 0.5) is 0 Å². The maximum Gasteiger partial charge on any atom is 0.226 e. The molecule has 2 unspecified atom stereocenters. The molecule has 5 heteroatoms. The fourth-order valence-electron chi connectivity index (χ4n) is 4.15. The van der Waals surface area contributed by atoms with Crippen LogP contribution in [0, 0.1) is 11.8 Å². The van der Waals surface area contributed by atoms with E-state index in [0.717, 1.165) is 56.3 Å². The van der Waals surface area contributed by atoms with Crippen LogP contribution in [0.25, 0.3) is 0 Å². The van der Waals surface area contributed by atoms with Crippen molar-refractivity contribution in [2.24, 2.45) is 11.8 Å². The molecule has 1 aliphatic carbocycles. The number of fused-ring (bicyclic) bond motifs is 1. The van der Waals surface area contributed by atoms with Gasteiger partial charge in [0.05, 0.1) is 0 Å². The first-order valence-electron chi connectivity index (χ1n) is 9.59. The summed E-state index contributed by atoms with van der Waals surface area (Å²) in [6, 6.07) is 6.14. The topological polar surface area (TPSA) is 50.8 Å². The van der Waals surface area contributed by atoms with Crippen LogP contribution in [-0.2, 0) is 4.79 Å². The lowest BCUT2D eigenvalue weighted by Gasteiger charge is -2.32. The van der Waals surface area contributed by atoms with Crippen molar-refractivity contribution in [2.45, 2.75) is 31.6 Å². The predicted molar refractivity (Wildman–Crippen MR) is 96.1 cm³/mol. The van der Waals surface area contributed by atoms with Crippen LogP contribution in [0.1, 0.15) is 37.2 Å². The Kier molecular flexibility index (Phi) is 4.84. The summed E-state index contributed by atoms with van der Waals surface area (Å²) in [5.74, 6) is 3.28. The molecule has 3 aliphatic rings. The van der Waals surface area contributed by atoms with Crippen molar-refractivity contribution in [3.63, 3.8) is 0 Å². The number of carbonyl (C=O) groups excluding carboxylic acids is 1. The predicted octanol–water partition coefficient (Wildman–Crippen LogP) is 2.41. The molecule has 0 aromatic heterocycles. The van der Waals surface area contributed by atoms with E-state index in [1.165, 1.54) is 12.0 Å². The van der Waals surface area contributed by atoms with Gasteiger partial charge < -0.3 is 19.7 Å². The molecule has 1 saturated heterocycles. The highest BCUT2D eigenvalue weighted by Gasteiger charge is 2.46. The number of benzene rings is 1. The van der Waals surface area contributed by atoms with E-state index in [4.69, 9.17) is 9.47 Å². The molecule has 2 aliphatic heterocycles. The lowest BCUT2D eigenvalue weighted by molar-refractivity contribution is -0.134. The quantitative estimate of drug-likeness (QED) is 0.891. The molecule has 0 spiro atoms. The highest BCUT2D eigenvalue weighted by atomic mass is 16.6. The van der Waals surface area contributed by atoms with Crippen LogP contribution in [0.5, 0.6) is 11.5 Å². The molecule has 0 radical (unpaired) electrons. The molecular formula is C20H28N2O3. The summed E-state index contributed by atoms with van der Waals surface area (Å²) in [7, 11) is 2.00. The standard InChI is InChI=1S/C20H28N2O3/c1-21-7-4-14-5-8-22(9-6-14)20(23)17-13-16(17)15-2-3-18-19(12-15)25-11-10-24-18/h2-3,12,14,16-17,21H,4-11,13H2,1H3. The smallest absolute Gasteiger partial charge is 0.226 e. The van der Waals surface area contributed by atoms with Gasteiger partial charge in [-0.25, -0.2) is 0 Å². The summed E-state index contributed by atoms with van der Waals surface area (Å²) < 4.78 is 11.3. The Morgan fingerprint density at radius 3 is 2.72 bits per heavy atom. The van der Waals surface area contributed by atoms with E-state index < -0.39 is 0 Å². The van der Waals surface area contributed by atoms with Gasteiger partial charge in [-0.1, -0.05) is 6.07 Å². The number of piperidine rings is 1. The monoisotopic (exact) mass is 344 g/mol. The van der Waals surface area contributed by atoms with Crippen molar-refractivity contribution < 1.29 is 14.3 Å². The van der Waals surface area contributed by atoms with Crippen molar-refractivity contribution in [1.82, 2.24) is 10.2 Å². The Labute approximate surface area is 149 Å². The molecule has 1 amide bonds. The SMILES string of the molecule is CNCCC1CCN(C(=O)C2CC2c2ccc3c(c2)OCCO3)CC1. The maximum atomic E-state index is 12.8. The lowest BCUT2D eigenvalue weighted by Crippen LogP contribution is -2.40. The highest BCUT2D eigenvalue weighted by Crippen LogP contribution is 2.50. The fraction of sp³-hybridized carbons (Fsp3) is 0.650. The largest absolute Gasteiger partial charge is 0.486 e. The van der Waals surface area contributed by atoms with Gasteiger partial charge in [0.25, 0.3) is 0 Å². The Bertz CT molecular complexity index is 625. The van der Waals surface area contributed by atoms with E-state index in [2.05, 4.69) is 22.3 Å². The first-order valence-corrected chi connectivity index (χ1v) is 9.59. The van der Waals surface area contributed by atoms with Gasteiger partial charge in [-0.2, -0.15) is 0 Å². The summed E-state index contributed by atoms with van der Waals surface area (Å²) in [4.78, 5) is 14.9. The minimum Gasteiger partial charge on any atom is -0.486 e. The molecular weight excluding hydrogens is 316 g/mol. The van der Waals surface area contributed by atoms with Crippen LogP contribution >= 0.6 is 0 Å². The maximum absolute atomic E-state index is 12.8. The molecule has 25 heavy (non-hydrogen) atoms. The molecule has 1 saturated carbocycles. The Morgan fingerprint density at radius 1 is 1.20 bits per heavy atom. The molecule has 4 rings (SSSR count). The number of rotatable bonds is 5. The molecule has 1 aromatic carbocycles. The first kappa shape index (κ1) is 16.7. The number of likely N-dealkylation sites (tertiary alicyclic amines) is 1. The van der Waals surface area contributed by atoms with Gasteiger partial charge >= 0.3 is 0 Å². The average molecular weight is 344 g/mol. The van der Waals surface area contributed by atoms with E-state index in [0.29, 0.717) is 25.0 Å². The molecule has 1 N–H and O–H groups in total. The van der Waals surface area contributed by atoms with Crippen LogP contribution in [0.15, 0.2) is 18.2 Å². The fourth-order valence-corrected chi connectivity index (χ4v) is 4.15. The lowest BCUT2D eigenvalue weighted by atomic mass is 9.93. The third-order valence-corrected chi connectivity index (χ3v) is 5.83. The van der Waals surface area contributed by atoms with E-state index in [1.807, 2.05) is 13.1 Å². The summed E-state index contributed by atoms with van der Waals surface area (Å²) in [6.45, 7) is 4.15. The molecule has 0 bridgehead atoms. The summed E-state index contributed by atoms with van der Waals surface area (Å²) in [5.41, 5.74) is 1.21. The van der Waals surface area contributed by atoms with Gasteiger partial charge in [-0.3, -0.25) is 4.79 Å². The zero-order valence-electron chi connectivity index (χ0n) is 15.0. The van der Waals surface area contributed by atoms with Gasteiger partial charge in [0.1, 0.15) is 13.2 Å². The third kappa shape index (κ3) is 3.61. The number of hydrogen-bond acceptors (Lipinski definition) is 4. The molecule has 5 nitrogen and oxygen atoms in total. The zero-order chi connectivity index (χ0) is 17.2. The number of nitrogens with one attached hydrogen (secondary N) is 1. The molecule has 2 atom stereocenters. The average Bonchev–Trinajstić information content (AvgIpc) is 3.46. The van der Waals surface area contributed by atoms with Crippen LogP contribution < -0.4 is 14.8 Å². The normalized spacial score (nSPS) is 25.7. The number of carbonyl (C=O) groups is 1. The summed E-state index contributed by atoms with van der Waals surface area (Å²) in [6.07, 6.45) is 4.49. The third-order valence-electron chi connectivity index (χ3n) is 5.83. The number of hydrogen-bond donors (Lipinski definition) is 1. The van der Waals surface area contributed by atoms with E-state index in [9.17, 15) is 4.79 Å². The van der Waals surface area contributed by atoms with Crippen molar-refractivity contribution in [1.29, 1.82) is 0 Å². The minimum absolute atomic E-state index is 0.163. The second-order valence-electron chi connectivity index (χ2n) is 7.51. The highest BCUT2D eigenvalue weighted by molar-refractivity contribution is 5.83. The molecule has 136 valence electrons. The van der Waals surface area contributed by atoms with E-state index in [1.54, 1.807) is 0 Å². The van der Waals surface area contributed by atoms with E-state index >= 15 is 0 Å². The molecule has 2 heterocycles. The van der Waals surface area contributed by atoms with Gasteiger partial charge in [0.2, 0.25) is 5.91 Å². The number of amides is 1. The Balaban J connectivity index is 1.32. The minimum atomic E-state index is 0.163. The van der Waals surface area contributed by atoms with Crippen molar-refractivity contribution >= 4 is 5.91 Å². The first-order chi connectivity index (χ1) is 12.3. The van der Waals surface area contributed by atoms with Gasteiger partial charge in [-0.05, 0) is 68.8 Å². The van der Waals surface area contributed by atoms with Gasteiger partial charge in [0, 0.05) is 19.0 Å². The second-order valence-corrected chi connectivity index (χ2v) is 7.51. The van der Waals surface area contributed by atoms with Crippen molar-refractivity contribution in [3.8, 4) is 11.5 Å². The zero-order valence-corrected chi connectivity index (χ0v) is 15.0. The van der Waals surface area contributed by atoms with Crippen LogP contribution in [-0.4, -0.2) is 50.7 Å². The molecule has 1 aromatic rings. The second kappa shape index (κ2) is 7.24. The Morgan fingerprint density at radius 2 is 1.96 bits per heavy atom. The van der Waals surface area contributed by atoms with E-state index in [-0.39, 0.29) is 5.92 Å². The van der Waals surface area contributed by atoms with Crippen LogP contribution in [0.2, 0.25) is 0 Å². The summed E-state index contributed by atoms with van der Waals surface area (Å²) >= 11 is 0. The van der Waals surface area contributed by atoms with Gasteiger partial charge in [-0.15, -0.1) is 0 Å². The number of ether oxygens (including phenoxy) is 2. The van der Waals surface area contributed by atoms with Crippen molar-refractivity contribution in [3.05, 3.63) is 23.8 Å². The van der Waals surface area contributed by atoms with Gasteiger partial charge in [0.15, 0.2) is 11.5 Å². The van der Waals surface area contributed by atoms with Crippen molar-refractivity contribution in [2.75, 3.05) is 39.9 Å². The number of nitrogens with zero attached hydrogens (tertiary/aromatic N) is 1.